The molecule has 1 N–H and O–H groups in total. The Morgan fingerprint density at radius 1 is 1.38 bits per heavy atom. The molecular weight excluding hydrogens is 259 g/mol. The molecule has 0 bridgehead atoms. The fourth-order valence-corrected chi connectivity index (χ4v) is 0. The monoisotopic (exact) mass is 264 g/mol. The average Bonchev–Trinajstić information content (AvgIpc) is 1.25. The normalized spacial score (nSPS) is 14.2. The summed E-state index contributed by atoms with van der Waals surface area (Å²) in [5, 5.41) is 9.13. The van der Waals surface area contributed by atoms with Gasteiger partial charge >= 0.3 is 0 Å². The molecule has 0 aliphatic rings. The lowest BCUT2D eigenvalue weighted by Crippen LogP contribution is -2.34. The number of aliphatic hydroxyl groups is 1. The Kier molecular flexibility index (Phi) is 2.82. The van der Waals surface area contributed by atoms with Crippen molar-refractivity contribution in [3.05, 3.63) is 0 Å². The first kappa shape index (κ1) is 9.21. The maximum Gasteiger partial charge on any atom is 0.181 e. The minimum atomic E-state index is -0.964. The molecule has 0 aliphatic heterocycles. The SMILES string of the molecule is CC(C)(O)C(Cl)(Br)Br. The van der Waals surface area contributed by atoms with Crippen LogP contribution in [0.1, 0.15) is 13.8 Å². The number of hydrogen-bond acceptors (Lipinski definition) is 1. The van der Waals surface area contributed by atoms with E-state index in [-0.39, 0.29) is 0 Å². The van der Waals surface area contributed by atoms with Crippen molar-refractivity contribution < 1.29 is 5.11 Å². The van der Waals surface area contributed by atoms with Crippen molar-refractivity contribution in [1.29, 1.82) is 0 Å². The van der Waals surface area contributed by atoms with E-state index in [1.165, 1.54) is 0 Å². The van der Waals surface area contributed by atoms with Gasteiger partial charge in [0.2, 0.25) is 0 Å². The molecule has 0 amide bonds. The van der Waals surface area contributed by atoms with Crippen LogP contribution in [0.5, 0.6) is 0 Å². The van der Waals surface area contributed by atoms with E-state index in [4.69, 9.17) is 16.7 Å². The second-order valence-corrected chi connectivity index (χ2v) is 6.98. The van der Waals surface area contributed by atoms with Crippen molar-refractivity contribution in [3.8, 4) is 0 Å². The highest BCUT2D eigenvalue weighted by Gasteiger charge is 2.36. The Bertz CT molecular complexity index is 69.0. The average molecular weight is 266 g/mol. The van der Waals surface area contributed by atoms with Crippen LogP contribution in [-0.4, -0.2) is 13.4 Å². The zero-order valence-electron chi connectivity index (χ0n) is 4.58. The molecular formula is C4H7Br2ClO. The molecule has 0 saturated heterocycles. The fourth-order valence-electron chi connectivity index (χ4n) is 0. The van der Waals surface area contributed by atoms with Gasteiger partial charge in [-0.2, -0.15) is 0 Å². The molecule has 0 saturated carbocycles. The van der Waals surface area contributed by atoms with Crippen LogP contribution in [0.3, 0.4) is 0 Å². The van der Waals surface area contributed by atoms with Gasteiger partial charge in [0, 0.05) is 0 Å². The molecule has 0 aromatic heterocycles. The molecule has 0 radical (unpaired) electrons. The van der Waals surface area contributed by atoms with Crippen molar-refractivity contribution >= 4 is 43.5 Å². The largest absolute Gasteiger partial charge is 0.387 e. The summed E-state index contributed by atoms with van der Waals surface area (Å²) in [7, 11) is 0. The van der Waals surface area contributed by atoms with E-state index in [1.807, 2.05) is 0 Å². The third kappa shape index (κ3) is 2.67. The van der Waals surface area contributed by atoms with Crippen LogP contribution in [0, 0.1) is 0 Å². The molecule has 0 unspecified atom stereocenters. The molecule has 0 rings (SSSR count). The van der Waals surface area contributed by atoms with E-state index in [0.29, 0.717) is 0 Å². The molecule has 1 nitrogen and oxygen atoms in total. The quantitative estimate of drug-likeness (QED) is 0.723. The van der Waals surface area contributed by atoms with Gasteiger partial charge in [-0.05, 0) is 13.8 Å². The lowest BCUT2D eigenvalue weighted by atomic mass is 10.2. The van der Waals surface area contributed by atoms with Crippen molar-refractivity contribution in [2.45, 2.75) is 22.1 Å². The maximum atomic E-state index is 9.13. The zero-order chi connectivity index (χ0) is 7.00. The summed E-state index contributed by atoms with van der Waals surface area (Å²) in [6.45, 7) is 3.20. The summed E-state index contributed by atoms with van der Waals surface area (Å²) in [5.74, 6) is 0. The first-order valence-corrected chi connectivity index (χ1v) is 4.00. The van der Waals surface area contributed by atoms with Crippen LogP contribution < -0.4 is 0 Å². The smallest absolute Gasteiger partial charge is 0.181 e. The van der Waals surface area contributed by atoms with Crippen molar-refractivity contribution in [2.75, 3.05) is 0 Å². The van der Waals surface area contributed by atoms with Gasteiger partial charge in [-0.1, -0.05) is 43.5 Å². The second-order valence-electron chi connectivity index (χ2n) is 2.06. The first-order chi connectivity index (χ1) is 3.25. The molecule has 50 valence electrons. The molecule has 0 aromatic carbocycles. The highest BCUT2D eigenvalue weighted by atomic mass is 79.9. The van der Waals surface area contributed by atoms with Gasteiger partial charge in [0.25, 0.3) is 0 Å². The molecule has 0 heterocycles. The number of alkyl halides is 3. The lowest BCUT2D eigenvalue weighted by molar-refractivity contribution is 0.0922. The van der Waals surface area contributed by atoms with Crippen molar-refractivity contribution in [3.63, 3.8) is 0 Å². The molecule has 0 fully saturated rings. The fraction of sp³-hybridized carbons (Fsp3) is 1.00. The number of halogens is 3. The highest BCUT2D eigenvalue weighted by Crippen LogP contribution is 2.41. The summed E-state index contributed by atoms with van der Waals surface area (Å²) in [4.78, 5) is 0. The van der Waals surface area contributed by atoms with Crippen molar-refractivity contribution in [1.82, 2.24) is 0 Å². The van der Waals surface area contributed by atoms with Crippen LogP contribution in [0.2, 0.25) is 0 Å². The van der Waals surface area contributed by atoms with E-state index in [1.54, 1.807) is 13.8 Å². The summed E-state index contributed by atoms with van der Waals surface area (Å²) < 4.78 is -0.910. The number of rotatable bonds is 1. The number of hydrogen-bond donors (Lipinski definition) is 1. The van der Waals surface area contributed by atoms with E-state index < -0.39 is 8.29 Å². The van der Waals surface area contributed by atoms with E-state index in [9.17, 15) is 0 Å². The third-order valence-electron chi connectivity index (χ3n) is 0.694. The van der Waals surface area contributed by atoms with Gasteiger partial charge < -0.3 is 5.11 Å². The Balaban J connectivity index is 4.02. The first-order valence-electron chi connectivity index (χ1n) is 2.04. The van der Waals surface area contributed by atoms with Crippen molar-refractivity contribution in [2.24, 2.45) is 0 Å². The third-order valence-corrected chi connectivity index (χ3v) is 3.10. The zero-order valence-corrected chi connectivity index (χ0v) is 8.51. The second kappa shape index (κ2) is 2.45. The lowest BCUT2D eigenvalue weighted by Gasteiger charge is -2.26. The Morgan fingerprint density at radius 2 is 1.50 bits per heavy atom. The van der Waals surface area contributed by atoms with Gasteiger partial charge in [0.15, 0.2) is 2.69 Å². The van der Waals surface area contributed by atoms with Gasteiger partial charge in [0.1, 0.15) is 0 Å². The molecule has 0 atom stereocenters. The van der Waals surface area contributed by atoms with Crippen LogP contribution >= 0.6 is 43.5 Å². The highest BCUT2D eigenvalue weighted by molar-refractivity contribution is 9.26. The topological polar surface area (TPSA) is 20.2 Å². The predicted molar refractivity (Wildman–Crippen MR) is 42.7 cm³/mol. The van der Waals surface area contributed by atoms with E-state index in [0.717, 1.165) is 0 Å². The molecule has 0 aliphatic carbocycles. The van der Waals surface area contributed by atoms with Crippen LogP contribution in [0.4, 0.5) is 0 Å². The maximum absolute atomic E-state index is 9.13. The summed E-state index contributed by atoms with van der Waals surface area (Å²) >= 11 is 11.7. The van der Waals surface area contributed by atoms with Gasteiger partial charge in [-0.15, -0.1) is 0 Å². The molecule has 0 aromatic rings. The van der Waals surface area contributed by atoms with Gasteiger partial charge in [-0.3, -0.25) is 0 Å². The van der Waals surface area contributed by atoms with Crippen LogP contribution in [0.15, 0.2) is 0 Å². The molecule has 0 spiro atoms. The standard InChI is InChI=1S/C4H7Br2ClO/c1-3(2,8)4(5,6)7/h8H,1-2H3. The van der Waals surface area contributed by atoms with E-state index in [2.05, 4.69) is 31.9 Å². The molecule has 4 heteroatoms. The van der Waals surface area contributed by atoms with Gasteiger partial charge in [-0.25, -0.2) is 0 Å². The minimum Gasteiger partial charge on any atom is -0.387 e. The summed E-state index contributed by atoms with van der Waals surface area (Å²) in [6, 6.07) is 0. The van der Waals surface area contributed by atoms with Gasteiger partial charge in [0.05, 0.1) is 5.60 Å². The minimum absolute atomic E-state index is 0.910. The summed E-state index contributed by atoms with van der Waals surface area (Å²) in [5.41, 5.74) is -0.964. The molecule has 8 heavy (non-hydrogen) atoms. The summed E-state index contributed by atoms with van der Waals surface area (Å²) in [6.07, 6.45) is 0. The van der Waals surface area contributed by atoms with Crippen LogP contribution in [0.25, 0.3) is 0 Å². The Morgan fingerprint density at radius 3 is 1.50 bits per heavy atom. The predicted octanol–water partition coefficient (Wildman–Crippen LogP) is 2.44. The van der Waals surface area contributed by atoms with Crippen LogP contribution in [-0.2, 0) is 0 Å². The van der Waals surface area contributed by atoms with E-state index >= 15 is 0 Å². The Labute approximate surface area is 70.7 Å². The Hall–Kier alpha value is 1.21.